The molecular weight excluding hydrogens is 313 g/mol. The van der Waals surface area contributed by atoms with Gasteiger partial charge in [0.15, 0.2) is 0 Å². The van der Waals surface area contributed by atoms with E-state index in [9.17, 15) is 4.39 Å². The van der Waals surface area contributed by atoms with Crippen molar-refractivity contribution >= 4 is 11.3 Å². The molecule has 0 amide bonds. The Hall–Kier alpha value is -1.43. The lowest BCUT2D eigenvalue weighted by Gasteiger charge is -2.31. The molecule has 1 aromatic carbocycles. The van der Waals surface area contributed by atoms with E-state index in [1.807, 2.05) is 16.8 Å². The van der Waals surface area contributed by atoms with E-state index in [1.54, 1.807) is 17.4 Å². The van der Waals surface area contributed by atoms with Crippen molar-refractivity contribution in [3.05, 3.63) is 51.5 Å². The van der Waals surface area contributed by atoms with Gasteiger partial charge in [0.05, 0.1) is 6.61 Å². The molecule has 0 radical (unpaired) electrons. The molecule has 0 saturated carbocycles. The monoisotopic (exact) mass is 333 g/mol. The molecule has 4 rings (SSSR count). The number of nitrogens with zero attached hydrogens (tertiary/aromatic N) is 1. The van der Waals surface area contributed by atoms with Gasteiger partial charge in [-0.2, -0.15) is 11.3 Å². The maximum absolute atomic E-state index is 14.0. The smallest absolute Gasteiger partial charge is 0.227 e. The van der Waals surface area contributed by atoms with E-state index in [-0.39, 0.29) is 12.1 Å². The fourth-order valence-corrected chi connectivity index (χ4v) is 3.99. The normalized spacial score (nSPS) is 21.7. The first-order chi connectivity index (χ1) is 11.3. The molecule has 0 bridgehead atoms. The van der Waals surface area contributed by atoms with Gasteiger partial charge in [0.25, 0.3) is 0 Å². The summed E-state index contributed by atoms with van der Waals surface area (Å²) < 4.78 is 25.8. The van der Waals surface area contributed by atoms with Gasteiger partial charge in [-0.05, 0) is 49.5 Å². The van der Waals surface area contributed by atoms with Gasteiger partial charge in [0.1, 0.15) is 11.6 Å². The molecule has 1 aromatic heterocycles. The Morgan fingerprint density at radius 1 is 1.22 bits per heavy atom. The van der Waals surface area contributed by atoms with Crippen molar-refractivity contribution in [1.82, 2.24) is 4.90 Å². The first-order valence-corrected chi connectivity index (χ1v) is 9.08. The Morgan fingerprint density at radius 2 is 2.09 bits per heavy atom. The number of benzene rings is 1. The molecule has 0 aliphatic carbocycles. The Bertz CT molecular complexity index is 668. The fraction of sp³-hybridized carbons (Fsp3) is 0.444. The Kier molecular flexibility index (Phi) is 4.33. The molecule has 3 nitrogen and oxygen atoms in total. The van der Waals surface area contributed by atoms with Crippen molar-refractivity contribution in [2.45, 2.75) is 38.7 Å². The predicted octanol–water partition coefficient (Wildman–Crippen LogP) is 4.48. The van der Waals surface area contributed by atoms with Gasteiger partial charge in [-0.25, -0.2) is 4.39 Å². The van der Waals surface area contributed by atoms with Crippen LogP contribution in [0.25, 0.3) is 0 Å². The first-order valence-electron chi connectivity index (χ1n) is 8.13. The zero-order chi connectivity index (χ0) is 15.6. The van der Waals surface area contributed by atoms with Crippen molar-refractivity contribution in [3.63, 3.8) is 0 Å². The molecule has 1 fully saturated rings. The van der Waals surface area contributed by atoms with Crippen LogP contribution in [0.3, 0.4) is 0 Å². The minimum absolute atomic E-state index is 0.211. The molecule has 2 aliphatic rings. The van der Waals surface area contributed by atoms with E-state index < -0.39 is 0 Å². The summed E-state index contributed by atoms with van der Waals surface area (Å²) in [6.07, 6.45) is 3.35. The van der Waals surface area contributed by atoms with Crippen LogP contribution in [-0.4, -0.2) is 18.0 Å². The highest BCUT2D eigenvalue weighted by Gasteiger charge is 2.26. The van der Waals surface area contributed by atoms with Gasteiger partial charge in [-0.1, -0.05) is 6.42 Å². The molecule has 0 spiro atoms. The SMILES string of the molecule is Fc1cc2c(c(CN3CCCCC3)c1)O[C@H](c1ccsc1)OC2. The number of halogens is 1. The topological polar surface area (TPSA) is 21.7 Å². The highest BCUT2D eigenvalue weighted by Crippen LogP contribution is 2.37. The highest BCUT2D eigenvalue weighted by atomic mass is 32.1. The van der Waals surface area contributed by atoms with E-state index in [0.29, 0.717) is 6.61 Å². The number of hydrogen-bond donors (Lipinski definition) is 0. The van der Waals surface area contributed by atoms with Gasteiger partial charge in [-0.3, -0.25) is 4.90 Å². The van der Waals surface area contributed by atoms with Gasteiger partial charge in [0.2, 0.25) is 6.29 Å². The van der Waals surface area contributed by atoms with Crippen LogP contribution in [0.5, 0.6) is 5.75 Å². The van der Waals surface area contributed by atoms with Gasteiger partial charge < -0.3 is 9.47 Å². The predicted molar refractivity (Wildman–Crippen MR) is 88.0 cm³/mol. The summed E-state index contributed by atoms with van der Waals surface area (Å²) in [4.78, 5) is 2.39. The Labute approximate surface area is 139 Å². The van der Waals surface area contributed by atoms with Crippen LogP contribution in [-0.2, 0) is 17.9 Å². The average molecular weight is 333 g/mol. The molecule has 0 unspecified atom stereocenters. The maximum atomic E-state index is 14.0. The second kappa shape index (κ2) is 6.59. The summed E-state index contributed by atoms with van der Waals surface area (Å²) in [5, 5.41) is 4.04. The van der Waals surface area contributed by atoms with Crippen LogP contribution in [0.1, 0.15) is 42.2 Å². The first kappa shape index (κ1) is 15.1. The summed E-state index contributed by atoms with van der Waals surface area (Å²) >= 11 is 1.62. The molecule has 2 aromatic rings. The van der Waals surface area contributed by atoms with Crippen molar-refractivity contribution in [3.8, 4) is 5.75 Å². The zero-order valence-electron chi connectivity index (χ0n) is 13.0. The molecule has 0 N–H and O–H groups in total. The number of likely N-dealkylation sites (tertiary alicyclic amines) is 1. The summed E-state index contributed by atoms with van der Waals surface area (Å²) in [6.45, 7) is 3.29. The molecule has 1 atom stereocenters. The van der Waals surface area contributed by atoms with Crippen LogP contribution in [0, 0.1) is 5.82 Å². The van der Waals surface area contributed by atoms with E-state index in [1.165, 1.54) is 25.3 Å². The van der Waals surface area contributed by atoms with Crippen LogP contribution in [0.4, 0.5) is 4.39 Å². The number of ether oxygens (including phenoxy) is 2. The number of fused-ring (bicyclic) bond motifs is 1. The number of rotatable bonds is 3. The minimum Gasteiger partial charge on any atom is -0.460 e. The standard InChI is InChI=1S/C18H20FNO2S/c19-16-8-14(10-20-5-2-1-3-6-20)17-15(9-16)11-21-18(22-17)13-4-7-23-12-13/h4,7-9,12,18H,1-3,5-6,10-11H2/t18-/m1/s1. The van der Waals surface area contributed by atoms with Gasteiger partial charge >= 0.3 is 0 Å². The second-order valence-corrected chi connectivity index (χ2v) is 6.99. The van der Waals surface area contributed by atoms with Crippen LogP contribution >= 0.6 is 11.3 Å². The molecule has 122 valence electrons. The number of thiophene rings is 1. The summed E-state index contributed by atoms with van der Waals surface area (Å²) in [5.41, 5.74) is 2.77. The lowest BCUT2D eigenvalue weighted by molar-refractivity contribution is -0.112. The fourth-order valence-electron chi connectivity index (χ4n) is 3.33. The summed E-state index contributed by atoms with van der Waals surface area (Å²) in [5.74, 6) is 0.594. The van der Waals surface area contributed by atoms with E-state index in [0.717, 1.165) is 42.1 Å². The van der Waals surface area contributed by atoms with Crippen LogP contribution in [0.2, 0.25) is 0 Å². The molecule has 5 heteroatoms. The molecule has 23 heavy (non-hydrogen) atoms. The van der Waals surface area contributed by atoms with E-state index >= 15 is 0 Å². The van der Waals surface area contributed by atoms with Crippen molar-refractivity contribution in [2.75, 3.05) is 13.1 Å². The Morgan fingerprint density at radius 3 is 2.87 bits per heavy atom. The van der Waals surface area contributed by atoms with Gasteiger partial charge in [0, 0.05) is 28.6 Å². The lowest BCUT2D eigenvalue weighted by Crippen LogP contribution is -2.30. The summed E-state index contributed by atoms with van der Waals surface area (Å²) in [7, 11) is 0. The van der Waals surface area contributed by atoms with Crippen LogP contribution < -0.4 is 4.74 Å². The van der Waals surface area contributed by atoms with Crippen LogP contribution in [0.15, 0.2) is 29.0 Å². The van der Waals surface area contributed by atoms with E-state index in [2.05, 4.69) is 4.90 Å². The third-order valence-electron chi connectivity index (χ3n) is 4.48. The zero-order valence-corrected chi connectivity index (χ0v) is 13.8. The number of piperidine rings is 1. The third kappa shape index (κ3) is 3.27. The highest BCUT2D eigenvalue weighted by molar-refractivity contribution is 7.07. The molecule has 1 saturated heterocycles. The molecule has 2 aliphatic heterocycles. The van der Waals surface area contributed by atoms with Crippen molar-refractivity contribution < 1.29 is 13.9 Å². The maximum Gasteiger partial charge on any atom is 0.227 e. The lowest BCUT2D eigenvalue weighted by atomic mass is 10.0. The Balaban J connectivity index is 1.60. The molecule has 3 heterocycles. The largest absolute Gasteiger partial charge is 0.460 e. The third-order valence-corrected chi connectivity index (χ3v) is 5.18. The minimum atomic E-state index is -0.390. The average Bonchev–Trinajstić information content (AvgIpc) is 3.10. The summed E-state index contributed by atoms with van der Waals surface area (Å²) in [6, 6.07) is 5.15. The van der Waals surface area contributed by atoms with Gasteiger partial charge in [-0.15, -0.1) is 0 Å². The quantitative estimate of drug-likeness (QED) is 0.826. The van der Waals surface area contributed by atoms with E-state index in [4.69, 9.17) is 9.47 Å². The number of hydrogen-bond acceptors (Lipinski definition) is 4. The second-order valence-electron chi connectivity index (χ2n) is 6.21. The van der Waals surface area contributed by atoms with Crippen molar-refractivity contribution in [1.29, 1.82) is 0 Å². The van der Waals surface area contributed by atoms with Crippen molar-refractivity contribution in [2.24, 2.45) is 0 Å². The molecular formula is C18H20FNO2S.